The normalized spacial score (nSPS) is 8.74. The van der Waals surface area contributed by atoms with Crippen molar-refractivity contribution in [1.29, 1.82) is 0 Å². The maximum Gasteiger partial charge on any atom is 2.00 e. The third kappa shape index (κ3) is 1580. The molecule has 3 radical (unpaired) electrons. The molecule has 0 aliphatic carbocycles. The van der Waals surface area contributed by atoms with E-state index in [2.05, 4.69) is 0 Å². The molecular weight excluding hydrogens is 757 g/mol. The Morgan fingerprint density at radius 1 is 0.333 bits per heavy atom. The summed E-state index contributed by atoms with van der Waals surface area (Å²) in [5.74, 6) is 0. The van der Waals surface area contributed by atoms with Crippen molar-refractivity contribution in [3.05, 3.63) is 0 Å². The molecule has 0 aromatic carbocycles. The van der Waals surface area contributed by atoms with Crippen LogP contribution < -0.4 is 58.7 Å². The molecule has 27 heavy (non-hydrogen) atoms. The van der Waals surface area contributed by atoms with Crippen LogP contribution in [0.1, 0.15) is 0 Å². The molecule has 0 aliphatic rings. The summed E-state index contributed by atoms with van der Waals surface area (Å²) in [4.78, 5) is 103. The van der Waals surface area contributed by atoms with Crippen LogP contribution in [0.4, 0.5) is 0 Å². The van der Waals surface area contributed by atoms with Gasteiger partial charge in [-0.15, -0.1) is 0 Å². The molecule has 0 rings (SSSR count). The molecule has 0 unspecified atom stereocenters. The third-order valence-corrected chi connectivity index (χ3v) is 0. The Labute approximate surface area is 221 Å². The predicted octanol–water partition coefficient (Wildman–Crippen LogP) is -12.1. The summed E-state index contributed by atoms with van der Waals surface area (Å²) in [5.41, 5.74) is 0. The van der Waals surface area contributed by atoms with Gasteiger partial charge in [0.05, 0.1) is 0 Å². The standard InChI is InChI=1S/3Mn.4H3O4P.H2O.3Zn/c;;;4*1-5(2,3)4;;;;/h;;;4*(H3,1,2,3,4);1H2;;;/q3*+2;;;;;;3*+2/p-12. The van der Waals surface area contributed by atoms with Gasteiger partial charge in [-0.2, -0.15) is 31.3 Å². The SMILES string of the molecule is O.O=P([O-])([O-])[O-].O=P([O-])([O-])[O-].O=P([O-])([O-])[O-].O=P([O-])([O-])[O-].[Mn+2].[Mn+2].[Mn+2].[Zn+2].[Zn+2].[Zn+2]. The average Bonchev–Trinajstić information content (AvgIpc) is 1.62. The van der Waals surface area contributed by atoms with E-state index in [4.69, 9.17) is 77.0 Å². The Morgan fingerprint density at radius 2 is 0.333 bits per heavy atom. The molecule has 17 nitrogen and oxygen atoms in total. The predicted molar refractivity (Wildman–Crippen MR) is 34.0 cm³/mol. The maximum atomic E-state index is 8.55. The van der Waals surface area contributed by atoms with Gasteiger partial charge >= 0.3 is 110 Å². The average molecular weight is 759 g/mol. The fourth-order valence-corrected chi connectivity index (χ4v) is 0. The summed E-state index contributed by atoms with van der Waals surface area (Å²) in [6, 6.07) is 0. The van der Waals surface area contributed by atoms with Gasteiger partial charge in [-0.1, -0.05) is 0 Å². The molecule has 0 saturated heterocycles. The Hall–Kier alpha value is 3.83. The van der Waals surface area contributed by atoms with Gasteiger partial charge in [-0.3, -0.25) is 0 Å². The van der Waals surface area contributed by atoms with Crippen LogP contribution in [0.15, 0.2) is 0 Å². The Morgan fingerprint density at radius 3 is 0.333 bits per heavy atom. The molecule has 0 spiro atoms. The minimum absolute atomic E-state index is 0. The summed E-state index contributed by atoms with van der Waals surface area (Å²) in [6.07, 6.45) is 0. The van der Waals surface area contributed by atoms with Crippen molar-refractivity contribution in [2.24, 2.45) is 0 Å². The number of phosphoric acid groups is 4. The van der Waals surface area contributed by atoms with Gasteiger partial charge in [0.1, 0.15) is 0 Å². The van der Waals surface area contributed by atoms with E-state index in [1.807, 2.05) is 0 Å². The number of hydrogen-bond donors (Lipinski definition) is 0. The first-order valence-electron chi connectivity index (χ1n) is 2.92. The monoisotopic (exact) mass is 754 g/mol. The van der Waals surface area contributed by atoms with Crippen LogP contribution in [0.25, 0.3) is 0 Å². The largest absolute Gasteiger partial charge is 2.00 e. The zero-order valence-electron chi connectivity index (χ0n) is 12.1. The molecule has 0 saturated carbocycles. The van der Waals surface area contributed by atoms with Gasteiger partial charge in [-0.05, 0) is 0 Å². The minimum Gasteiger partial charge on any atom is -0.822 e. The molecule has 27 heteroatoms. The number of hydrogen-bond acceptors (Lipinski definition) is 16. The van der Waals surface area contributed by atoms with Gasteiger partial charge < -0.3 is 82.5 Å². The quantitative estimate of drug-likeness (QED) is 0.163. The topological polar surface area (TPSA) is 376 Å². The van der Waals surface area contributed by atoms with E-state index >= 15 is 0 Å². The second-order valence-corrected chi connectivity index (χ2v) is 5.37. The van der Waals surface area contributed by atoms with Crippen molar-refractivity contribution in [1.82, 2.24) is 0 Å². The third-order valence-electron chi connectivity index (χ3n) is 0. The van der Waals surface area contributed by atoms with Gasteiger partial charge in [0.15, 0.2) is 0 Å². The molecule has 0 amide bonds. The van der Waals surface area contributed by atoms with E-state index in [1.54, 1.807) is 0 Å². The molecule has 0 aromatic heterocycles. The van der Waals surface area contributed by atoms with E-state index in [1.165, 1.54) is 0 Å². The molecule has 0 bridgehead atoms. The first-order chi connectivity index (χ1) is 8.00. The van der Waals surface area contributed by atoms with Gasteiger partial charge in [0, 0.05) is 0 Å². The van der Waals surface area contributed by atoms with E-state index in [9.17, 15) is 0 Å². The van der Waals surface area contributed by atoms with E-state index in [-0.39, 0.29) is 115 Å². The minimum atomic E-state index is -5.39. The van der Waals surface area contributed by atoms with Gasteiger partial charge in [0.25, 0.3) is 0 Å². The van der Waals surface area contributed by atoms with Gasteiger partial charge in [-0.25, -0.2) is 0 Å². The molecule has 0 aromatic rings. The van der Waals surface area contributed by atoms with Crippen molar-refractivity contribution >= 4 is 31.3 Å². The number of rotatable bonds is 0. The second kappa shape index (κ2) is 32.0. The zero-order valence-corrected chi connectivity index (χ0v) is 28.1. The molecular formula is H2Mn3O17P4Zn3. The van der Waals surface area contributed by atoms with E-state index in [0.717, 1.165) is 0 Å². The van der Waals surface area contributed by atoms with E-state index in [0.29, 0.717) is 0 Å². The van der Waals surface area contributed by atoms with Crippen molar-refractivity contribution < 1.29 is 192 Å². The summed E-state index contributed by atoms with van der Waals surface area (Å²) in [6.45, 7) is 0. The van der Waals surface area contributed by atoms with Crippen LogP contribution in [0.3, 0.4) is 0 Å². The van der Waals surface area contributed by atoms with Crippen LogP contribution >= 0.6 is 31.3 Å². The Balaban J connectivity index is -0.0000000129. The van der Waals surface area contributed by atoms with Crippen molar-refractivity contribution in [3.63, 3.8) is 0 Å². The van der Waals surface area contributed by atoms with Crippen LogP contribution in [0, 0.1) is 0 Å². The summed E-state index contributed by atoms with van der Waals surface area (Å²) in [7, 11) is -21.6. The smallest absolute Gasteiger partial charge is 0.822 e. The first kappa shape index (κ1) is 69.8. The van der Waals surface area contributed by atoms with Crippen molar-refractivity contribution in [2.45, 2.75) is 0 Å². The van der Waals surface area contributed by atoms with Crippen molar-refractivity contribution in [2.75, 3.05) is 0 Å². The summed E-state index contributed by atoms with van der Waals surface area (Å²) >= 11 is 0. The molecule has 151 valence electrons. The molecule has 0 aliphatic heterocycles. The Bertz CT molecular complexity index is 306. The molecule has 0 heterocycles. The van der Waals surface area contributed by atoms with Crippen LogP contribution in [-0.4, -0.2) is 5.48 Å². The molecule has 2 N–H and O–H groups in total. The van der Waals surface area contributed by atoms with Gasteiger partial charge in [0.2, 0.25) is 0 Å². The van der Waals surface area contributed by atoms with Crippen LogP contribution in [-0.2, 0) is 128 Å². The zero-order chi connectivity index (χ0) is 18.0. The molecule has 0 atom stereocenters. The van der Waals surface area contributed by atoms with Crippen molar-refractivity contribution in [3.8, 4) is 0 Å². The fourth-order valence-electron chi connectivity index (χ4n) is 0. The Kier molecular flexibility index (Phi) is 82.7. The fraction of sp³-hybridized carbons (Fsp3) is 0. The molecule has 0 fully saturated rings. The van der Waals surface area contributed by atoms with Crippen LogP contribution in [0.2, 0.25) is 0 Å². The summed E-state index contributed by atoms with van der Waals surface area (Å²) in [5, 5.41) is 0. The second-order valence-electron chi connectivity index (χ2n) is 1.79. The maximum absolute atomic E-state index is 8.55. The van der Waals surface area contributed by atoms with Crippen LogP contribution in [0.5, 0.6) is 0 Å². The first-order valence-corrected chi connectivity index (χ1v) is 8.76. The summed E-state index contributed by atoms with van der Waals surface area (Å²) < 4.78 is 34.2. The van der Waals surface area contributed by atoms with E-state index < -0.39 is 31.3 Å².